The highest BCUT2D eigenvalue weighted by Crippen LogP contribution is 2.58. The second-order valence-corrected chi connectivity index (χ2v) is 9.26. The second kappa shape index (κ2) is 7.63. The van der Waals surface area contributed by atoms with Crippen LogP contribution in [0.1, 0.15) is 44.6 Å². The van der Waals surface area contributed by atoms with Gasteiger partial charge in [-0.25, -0.2) is 0 Å². The monoisotopic (exact) mass is 392 g/mol. The van der Waals surface area contributed by atoms with Crippen LogP contribution < -0.4 is 10.5 Å². The van der Waals surface area contributed by atoms with Crippen molar-refractivity contribution in [1.29, 1.82) is 0 Å². The SMILES string of the molecule is COc1cccc(CC2(C(=O)N3CCC(C)(CN)C3)CC3CCC2C3)c1.Cl. The molecule has 4 atom stereocenters. The maximum absolute atomic E-state index is 13.8. The van der Waals surface area contributed by atoms with Gasteiger partial charge in [-0.1, -0.05) is 25.5 Å². The third kappa shape index (κ3) is 3.58. The first kappa shape index (κ1) is 20.5. The molecule has 1 amide bonds. The highest BCUT2D eigenvalue weighted by atomic mass is 35.5. The Bertz CT molecular complexity index is 697. The lowest BCUT2D eigenvalue weighted by Crippen LogP contribution is -2.48. The number of carbonyl (C=O) groups excluding carboxylic acids is 1. The van der Waals surface area contributed by atoms with Crippen LogP contribution in [-0.2, 0) is 11.2 Å². The van der Waals surface area contributed by atoms with Crippen LogP contribution in [0.15, 0.2) is 24.3 Å². The van der Waals surface area contributed by atoms with Gasteiger partial charge in [0, 0.05) is 13.1 Å². The fourth-order valence-electron chi connectivity index (χ4n) is 5.82. The number of methoxy groups -OCH3 is 1. The highest BCUT2D eigenvalue weighted by molar-refractivity contribution is 5.85. The van der Waals surface area contributed by atoms with Crippen molar-refractivity contribution in [3.63, 3.8) is 0 Å². The van der Waals surface area contributed by atoms with Gasteiger partial charge in [0.15, 0.2) is 0 Å². The Kier molecular flexibility index (Phi) is 5.79. The maximum atomic E-state index is 13.8. The number of benzene rings is 1. The van der Waals surface area contributed by atoms with Crippen LogP contribution in [0.2, 0.25) is 0 Å². The fraction of sp³-hybridized carbons (Fsp3) is 0.682. The van der Waals surface area contributed by atoms with Crippen LogP contribution >= 0.6 is 12.4 Å². The quantitative estimate of drug-likeness (QED) is 0.831. The molecule has 4 nitrogen and oxygen atoms in total. The van der Waals surface area contributed by atoms with Gasteiger partial charge in [0.05, 0.1) is 12.5 Å². The smallest absolute Gasteiger partial charge is 0.229 e. The molecule has 2 bridgehead atoms. The van der Waals surface area contributed by atoms with Gasteiger partial charge >= 0.3 is 0 Å². The number of nitrogens with zero attached hydrogens (tertiary/aromatic N) is 1. The Labute approximate surface area is 169 Å². The summed E-state index contributed by atoms with van der Waals surface area (Å²) in [5, 5.41) is 0. The molecule has 1 saturated heterocycles. The van der Waals surface area contributed by atoms with Crippen molar-refractivity contribution >= 4 is 18.3 Å². The van der Waals surface area contributed by atoms with Crippen LogP contribution in [0.4, 0.5) is 0 Å². The molecule has 2 aliphatic carbocycles. The molecular formula is C22H33ClN2O2. The molecule has 1 aliphatic heterocycles. The molecule has 27 heavy (non-hydrogen) atoms. The molecule has 2 saturated carbocycles. The lowest BCUT2D eigenvalue weighted by molar-refractivity contribution is -0.144. The minimum absolute atomic E-state index is 0. The molecule has 3 fully saturated rings. The number of amides is 1. The number of nitrogens with two attached hydrogens (primary N) is 1. The van der Waals surface area contributed by atoms with Gasteiger partial charge in [-0.2, -0.15) is 0 Å². The topological polar surface area (TPSA) is 55.6 Å². The highest BCUT2D eigenvalue weighted by Gasteiger charge is 2.57. The Morgan fingerprint density at radius 1 is 1.37 bits per heavy atom. The summed E-state index contributed by atoms with van der Waals surface area (Å²) in [7, 11) is 1.70. The summed E-state index contributed by atoms with van der Waals surface area (Å²) in [6.07, 6.45) is 6.68. The summed E-state index contributed by atoms with van der Waals surface area (Å²) < 4.78 is 5.41. The lowest BCUT2D eigenvalue weighted by atomic mass is 9.68. The van der Waals surface area contributed by atoms with Crippen molar-refractivity contribution in [2.75, 3.05) is 26.7 Å². The molecule has 1 aromatic rings. The van der Waals surface area contributed by atoms with Crippen molar-refractivity contribution in [3.8, 4) is 5.75 Å². The minimum atomic E-state index is -0.213. The van der Waals surface area contributed by atoms with E-state index in [0.29, 0.717) is 18.4 Å². The van der Waals surface area contributed by atoms with Crippen molar-refractivity contribution in [2.24, 2.45) is 28.4 Å². The van der Waals surface area contributed by atoms with E-state index >= 15 is 0 Å². The van der Waals surface area contributed by atoms with Gasteiger partial charge in [-0.05, 0) is 73.6 Å². The first-order valence-corrected chi connectivity index (χ1v) is 10.1. The Hall–Kier alpha value is -1.26. The molecule has 0 radical (unpaired) electrons. The third-order valence-corrected chi connectivity index (χ3v) is 7.39. The van der Waals surface area contributed by atoms with Crippen LogP contribution in [0.3, 0.4) is 0 Å². The first-order valence-electron chi connectivity index (χ1n) is 10.1. The molecule has 1 aromatic carbocycles. The zero-order valence-corrected chi connectivity index (χ0v) is 17.4. The Balaban J connectivity index is 0.00000210. The largest absolute Gasteiger partial charge is 0.497 e. The number of hydrogen-bond acceptors (Lipinski definition) is 3. The molecule has 4 unspecified atom stereocenters. The van der Waals surface area contributed by atoms with E-state index in [9.17, 15) is 4.79 Å². The number of likely N-dealkylation sites (tertiary alicyclic amines) is 1. The summed E-state index contributed by atoms with van der Waals surface area (Å²) in [6, 6.07) is 8.28. The van der Waals surface area contributed by atoms with Crippen molar-refractivity contribution < 1.29 is 9.53 Å². The number of ether oxygens (including phenoxy) is 1. The van der Waals surface area contributed by atoms with E-state index in [4.69, 9.17) is 10.5 Å². The van der Waals surface area contributed by atoms with Gasteiger partial charge in [-0.15, -0.1) is 12.4 Å². The van der Waals surface area contributed by atoms with Gasteiger partial charge in [0.1, 0.15) is 5.75 Å². The van der Waals surface area contributed by atoms with Gasteiger partial charge in [0.2, 0.25) is 5.91 Å². The number of halogens is 1. The predicted octanol–water partition coefficient (Wildman–Crippen LogP) is 3.66. The van der Waals surface area contributed by atoms with Crippen molar-refractivity contribution in [2.45, 2.75) is 45.4 Å². The summed E-state index contributed by atoms with van der Waals surface area (Å²) in [5.74, 6) is 2.55. The molecular weight excluding hydrogens is 360 g/mol. The van der Waals surface area contributed by atoms with Gasteiger partial charge < -0.3 is 15.4 Å². The summed E-state index contributed by atoms with van der Waals surface area (Å²) in [4.78, 5) is 15.9. The average Bonchev–Trinajstić information content (AvgIpc) is 3.36. The van der Waals surface area contributed by atoms with Crippen LogP contribution in [0.5, 0.6) is 5.75 Å². The lowest BCUT2D eigenvalue weighted by Gasteiger charge is -2.40. The van der Waals surface area contributed by atoms with Crippen LogP contribution in [0.25, 0.3) is 0 Å². The molecule has 2 N–H and O–H groups in total. The van der Waals surface area contributed by atoms with E-state index < -0.39 is 0 Å². The first-order chi connectivity index (χ1) is 12.5. The van der Waals surface area contributed by atoms with Crippen LogP contribution in [-0.4, -0.2) is 37.6 Å². The molecule has 150 valence electrons. The molecule has 5 heteroatoms. The zero-order chi connectivity index (χ0) is 18.4. The maximum Gasteiger partial charge on any atom is 0.229 e. The van der Waals surface area contributed by atoms with E-state index in [0.717, 1.165) is 44.0 Å². The van der Waals surface area contributed by atoms with E-state index in [1.807, 2.05) is 12.1 Å². The molecule has 1 heterocycles. The fourth-order valence-corrected chi connectivity index (χ4v) is 5.82. The summed E-state index contributed by atoms with van der Waals surface area (Å²) in [5.41, 5.74) is 7.08. The Morgan fingerprint density at radius 3 is 2.78 bits per heavy atom. The summed E-state index contributed by atoms with van der Waals surface area (Å²) >= 11 is 0. The standard InChI is InChI=1S/C22H32N2O2.ClH/c1-21(14-23)8-9-24(15-21)20(25)22(13-17-6-7-18(22)10-17)12-16-4-3-5-19(11-16)26-2;/h3-5,11,17-18H,6-10,12-15,23H2,1-2H3;1H. The number of fused-ring (bicyclic) bond motifs is 2. The normalized spacial score (nSPS) is 34.6. The van der Waals surface area contributed by atoms with Crippen molar-refractivity contribution in [3.05, 3.63) is 29.8 Å². The minimum Gasteiger partial charge on any atom is -0.497 e. The third-order valence-electron chi connectivity index (χ3n) is 7.39. The van der Waals surface area contributed by atoms with Crippen LogP contribution in [0, 0.1) is 22.7 Å². The van der Waals surface area contributed by atoms with E-state index in [1.165, 1.54) is 24.8 Å². The van der Waals surface area contributed by atoms with E-state index in [-0.39, 0.29) is 23.2 Å². The predicted molar refractivity (Wildman–Crippen MR) is 110 cm³/mol. The average molecular weight is 393 g/mol. The number of hydrogen-bond donors (Lipinski definition) is 1. The molecule has 3 aliphatic rings. The second-order valence-electron chi connectivity index (χ2n) is 9.26. The molecule has 4 rings (SSSR count). The Morgan fingerprint density at radius 2 is 2.19 bits per heavy atom. The van der Waals surface area contributed by atoms with Gasteiger partial charge in [-0.3, -0.25) is 4.79 Å². The van der Waals surface area contributed by atoms with E-state index in [2.05, 4.69) is 24.0 Å². The molecule has 0 spiro atoms. The van der Waals surface area contributed by atoms with Gasteiger partial charge in [0.25, 0.3) is 0 Å². The summed E-state index contributed by atoms with van der Waals surface area (Å²) in [6.45, 7) is 4.56. The zero-order valence-electron chi connectivity index (χ0n) is 16.6. The van der Waals surface area contributed by atoms with E-state index in [1.54, 1.807) is 7.11 Å². The molecule has 0 aromatic heterocycles. The number of rotatable bonds is 5. The number of carbonyl (C=O) groups is 1. The van der Waals surface area contributed by atoms with Crippen molar-refractivity contribution in [1.82, 2.24) is 4.90 Å².